The van der Waals surface area contributed by atoms with Crippen LogP contribution < -0.4 is 0 Å². The number of benzene rings is 10. The van der Waals surface area contributed by atoms with Crippen LogP contribution in [0.2, 0.25) is 0 Å². The van der Waals surface area contributed by atoms with Crippen molar-refractivity contribution in [1.29, 1.82) is 0 Å². The Hall–Kier alpha value is -9.63. The van der Waals surface area contributed by atoms with Crippen molar-refractivity contribution in [2.24, 2.45) is 4.99 Å². The normalized spacial score (nSPS) is 11.4. The Morgan fingerprint density at radius 3 is 1.22 bits per heavy atom. The molecule has 0 unspecified atom stereocenters. The highest BCUT2D eigenvalue weighted by Crippen LogP contribution is 2.36. The molecule has 10 aromatic carbocycles. The lowest BCUT2D eigenvalue weighted by Gasteiger charge is -2.14. The SMILES string of the molecule is C=C(/C=C(\C)c1cc(-c2ccccc2)cc(-c2ccccc2)c1)c1cc(-c2ccccc2)cc(-c2ccccc2)c1.C=C(C)c1ccc(C(=NC(=C)c2cccc(-c3ccccc3)c2)c2oc3ccccc3c2C)cc1. The summed E-state index contributed by atoms with van der Waals surface area (Å²) in [5.74, 6) is 0.759. The van der Waals surface area contributed by atoms with Crippen LogP contribution in [0.5, 0.6) is 0 Å². The van der Waals surface area contributed by atoms with Gasteiger partial charge in [-0.05, 0) is 153 Å². The Morgan fingerprint density at radius 2 is 0.763 bits per heavy atom. The topological polar surface area (TPSA) is 25.5 Å². The lowest BCUT2D eigenvalue weighted by molar-refractivity contribution is 0.602. The fourth-order valence-corrected chi connectivity index (χ4v) is 9.55. The summed E-state index contributed by atoms with van der Waals surface area (Å²) in [6.07, 6.45) is 2.22. The zero-order chi connectivity index (χ0) is 52.4. The van der Waals surface area contributed by atoms with Gasteiger partial charge in [0.15, 0.2) is 5.76 Å². The van der Waals surface area contributed by atoms with Gasteiger partial charge in [-0.25, -0.2) is 4.99 Å². The highest BCUT2D eigenvalue weighted by Gasteiger charge is 2.19. The maximum Gasteiger partial charge on any atom is 0.157 e. The molecule has 0 N–H and O–H groups in total. The second-order valence-corrected chi connectivity index (χ2v) is 19.2. The first-order valence-corrected chi connectivity index (χ1v) is 25.7. The number of rotatable bonds is 13. The molecule has 2 nitrogen and oxygen atoms in total. The third-order valence-electron chi connectivity index (χ3n) is 13.8. The third kappa shape index (κ3) is 11.6. The number of hydrogen-bond acceptors (Lipinski definition) is 2. The van der Waals surface area contributed by atoms with E-state index in [4.69, 9.17) is 9.41 Å². The molecule has 1 aromatic heterocycles. The molecule has 0 saturated carbocycles. The first kappa shape index (κ1) is 49.9. The number of aryl methyl sites for hydroxylation is 1. The summed E-state index contributed by atoms with van der Waals surface area (Å²) < 4.78 is 6.33. The summed E-state index contributed by atoms with van der Waals surface area (Å²) in [4.78, 5) is 5.06. The van der Waals surface area contributed by atoms with Crippen molar-refractivity contribution < 1.29 is 4.42 Å². The van der Waals surface area contributed by atoms with E-state index in [0.29, 0.717) is 5.70 Å². The maximum absolute atomic E-state index is 6.33. The van der Waals surface area contributed by atoms with E-state index < -0.39 is 0 Å². The van der Waals surface area contributed by atoms with Gasteiger partial charge in [-0.3, -0.25) is 0 Å². The van der Waals surface area contributed by atoms with E-state index in [1.54, 1.807) is 0 Å². The highest BCUT2D eigenvalue weighted by atomic mass is 16.3. The maximum atomic E-state index is 6.33. The van der Waals surface area contributed by atoms with E-state index in [9.17, 15) is 0 Å². The number of allylic oxidation sites excluding steroid dienone is 4. The summed E-state index contributed by atoms with van der Waals surface area (Å²) in [5.41, 5.74) is 23.8. The van der Waals surface area contributed by atoms with Gasteiger partial charge < -0.3 is 4.42 Å². The Labute approximate surface area is 448 Å². The summed E-state index contributed by atoms with van der Waals surface area (Å²) >= 11 is 0. The van der Waals surface area contributed by atoms with Gasteiger partial charge in [0.2, 0.25) is 0 Å². The van der Waals surface area contributed by atoms with Crippen LogP contribution in [0.15, 0.2) is 296 Å². The van der Waals surface area contributed by atoms with Crippen LogP contribution in [0.25, 0.3) is 89.0 Å². The summed E-state index contributed by atoms with van der Waals surface area (Å²) in [7, 11) is 0. The quantitative estimate of drug-likeness (QED) is 0.0835. The molecule has 0 aliphatic heterocycles. The van der Waals surface area contributed by atoms with Gasteiger partial charge in [-0.15, -0.1) is 0 Å². The Balaban J connectivity index is 0.000000175. The van der Waals surface area contributed by atoms with Crippen LogP contribution in [0, 0.1) is 6.92 Å². The minimum atomic E-state index is 0.682. The number of furan rings is 1. The molecule has 0 spiro atoms. The zero-order valence-corrected chi connectivity index (χ0v) is 43.4. The Bertz CT molecular complexity index is 3780. The molecule has 0 bridgehead atoms. The molecule has 0 saturated heterocycles. The van der Waals surface area contributed by atoms with Crippen LogP contribution in [-0.2, 0) is 0 Å². The van der Waals surface area contributed by atoms with Crippen LogP contribution in [0.3, 0.4) is 0 Å². The number of aliphatic imine (C=N–C) groups is 1. The molecule has 11 aromatic rings. The number of para-hydroxylation sites is 1. The number of fused-ring (bicyclic) bond motifs is 1. The molecule has 76 heavy (non-hydrogen) atoms. The van der Waals surface area contributed by atoms with Crippen LogP contribution in [-0.4, -0.2) is 5.71 Å². The van der Waals surface area contributed by atoms with Crippen LogP contribution in [0.1, 0.15) is 53.0 Å². The van der Waals surface area contributed by atoms with Gasteiger partial charge in [-0.2, -0.15) is 0 Å². The van der Waals surface area contributed by atoms with Crippen molar-refractivity contribution in [1.82, 2.24) is 0 Å². The van der Waals surface area contributed by atoms with Gasteiger partial charge in [0, 0.05) is 22.1 Å². The second kappa shape index (κ2) is 23.1. The molecule has 0 aliphatic rings. The lowest BCUT2D eigenvalue weighted by atomic mass is 9.91. The van der Waals surface area contributed by atoms with Crippen molar-refractivity contribution in [2.45, 2.75) is 20.8 Å². The Kier molecular flexibility index (Phi) is 15.2. The molecule has 366 valence electrons. The number of nitrogens with zero attached hydrogens (tertiary/aromatic N) is 1. The van der Waals surface area contributed by atoms with Crippen molar-refractivity contribution in [3.05, 3.63) is 326 Å². The molecule has 11 rings (SSSR count). The molecule has 0 amide bonds. The summed E-state index contributed by atoms with van der Waals surface area (Å²) in [6, 6.07) is 91.0. The zero-order valence-electron chi connectivity index (χ0n) is 43.4. The van der Waals surface area contributed by atoms with E-state index in [-0.39, 0.29) is 0 Å². The smallest absolute Gasteiger partial charge is 0.157 e. The molecule has 2 heteroatoms. The van der Waals surface area contributed by atoms with Crippen molar-refractivity contribution in [3.8, 4) is 55.6 Å². The van der Waals surface area contributed by atoms with E-state index >= 15 is 0 Å². The molecule has 0 atom stereocenters. The fourth-order valence-electron chi connectivity index (χ4n) is 9.55. The van der Waals surface area contributed by atoms with E-state index in [1.165, 1.54) is 55.6 Å². The minimum absolute atomic E-state index is 0.682. The lowest BCUT2D eigenvalue weighted by Crippen LogP contribution is -2.04. The predicted molar refractivity (Wildman–Crippen MR) is 326 cm³/mol. The second-order valence-electron chi connectivity index (χ2n) is 19.2. The molecule has 0 radical (unpaired) electrons. The third-order valence-corrected chi connectivity index (χ3v) is 13.8. The first-order valence-electron chi connectivity index (χ1n) is 25.7. The predicted octanol–water partition coefficient (Wildman–Crippen LogP) is 20.4. The largest absolute Gasteiger partial charge is 0.454 e. The number of hydrogen-bond donors (Lipinski definition) is 0. The average molecular weight is 978 g/mol. The monoisotopic (exact) mass is 977 g/mol. The van der Waals surface area contributed by atoms with E-state index in [1.807, 2.05) is 55.5 Å². The van der Waals surface area contributed by atoms with Gasteiger partial charge in [0.25, 0.3) is 0 Å². The molecular weight excluding hydrogens is 919 g/mol. The first-order chi connectivity index (χ1) is 37.1. The highest BCUT2D eigenvalue weighted by molar-refractivity contribution is 6.16. The molecule has 0 fully saturated rings. The van der Waals surface area contributed by atoms with E-state index in [2.05, 4.69) is 252 Å². The minimum Gasteiger partial charge on any atom is -0.454 e. The standard InChI is InChI=1S/C41H32.C33H27NO/c1-30(36-24-38(32-15-7-3-8-16-32)28-39(25-36)33-17-9-4-10-18-33)23-31(2)37-26-40(34-19-11-5-12-20-34)29-41(27-37)35-21-13-6-14-22-35;1-22(2)25-17-19-27(20-18-25)32(33-23(3)30-15-8-9-16-31(30)35-33)34-24(4)28-13-10-14-29(21-28)26-11-6-5-7-12-26/h3-29H,1H2,2H3;5-21H,1,4H2,2-3H3/b31-23+;. The van der Waals surface area contributed by atoms with Crippen molar-refractivity contribution in [2.75, 3.05) is 0 Å². The van der Waals surface area contributed by atoms with Crippen molar-refractivity contribution in [3.63, 3.8) is 0 Å². The average Bonchev–Trinajstić information content (AvgIpc) is 3.82. The fraction of sp³-hybridized carbons (Fsp3) is 0.0405. The van der Waals surface area contributed by atoms with Gasteiger partial charge >= 0.3 is 0 Å². The molecule has 1 heterocycles. The van der Waals surface area contributed by atoms with E-state index in [0.717, 1.165) is 72.5 Å². The Morgan fingerprint density at radius 1 is 0.368 bits per heavy atom. The van der Waals surface area contributed by atoms with Crippen LogP contribution in [0.4, 0.5) is 0 Å². The molecule has 0 aliphatic carbocycles. The summed E-state index contributed by atoms with van der Waals surface area (Å²) in [6.45, 7) is 19.2. The summed E-state index contributed by atoms with van der Waals surface area (Å²) in [5, 5.41) is 1.09. The van der Waals surface area contributed by atoms with Crippen LogP contribution >= 0.6 is 0 Å². The van der Waals surface area contributed by atoms with Gasteiger partial charge in [0.05, 0.1) is 5.70 Å². The molecular formula is C74H59NO. The van der Waals surface area contributed by atoms with Gasteiger partial charge in [0.1, 0.15) is 11.3 Å². The van der Waals surface area contributed by atoms with Gasteiger partial charge in [-0.1, -0.05) is 244 Å². The van der Waals surface area contributed by atoms with Crippen molar-refractivity contribution >= 4 is 39.1 Å².